The molecule has 3 atom stereocenters. The zero-order valence-electron chi connectivity index (χ0n) is 24.7. The Balaban J connectivity index is 1.96. The zero-order valence-corrected chi connectivity index (χ0v) is 24.7. The molecule has 39 heavy (non-hydrogen) atoms. The Morgan fingerprint density at radius 1 is 1.23 bits per heavy atom. The molecule has 11 heteroatoms. The fourth-order valence-corrected chi connectivity index (χ4v) is 4.52. The highest BCUT2D eigenvalue weighted by molar-refractivity contribution is 6.63. The summed E-state index contributed by atoms with van der Waals surface area (Å²) in [6, 6.07) is 3.49. The van der Waals surface area contributed by atoms with Crippen LogP contribution in [0, 0.1) is 11.3 Å². The molecule has 2 aliphatic rings. The van der Waals surface area contributed by atoms with Gasteiger partial charge in [-0.25, -0.2) is 9.69 Å². The van der Waals surface area contributed by atoms with Gasteiger partial charge in [-0.15, -0.1) is 0 Å². The monoisotopic (exact) mass is 545 g/mol. The van der Waals surface area contributed by atoms with Crippen LogP contribution in [0.3, 0.4) is 0 Å². The summed E-state index contributed by atoms with van der Waals surface area (Å²) in [5.74, 6) is -0.583. The number of hydrogen-bond acceptors (Lipinski definition) is 9. The van der Waals surface area contributed by atoms with E-state index >= 15 is 0 Å². The van der Waals surface area contributed by atoms with Gasteiger partial charge in [0.2, 0.25) is 0 Å². The van der Waals surface area contributed by atoms with E-state index in [1.807, 2.05) is 53.7 Å². The third kappa shape index (κ3) is 6.65. The predicted octanol–water partition coefficient (Wildman–Crippen LogP) is 3.73. The zero-order chi connectivity index (χ0) is 29.3. The molecule has 2 amide bonds. The van der Waals surface area contributed by atoms with Crippen molar-refractivity contribution in [2.45, 2.75) is 104 Å². The van der Waals surface area contributed by atoms with Crippen molar-refractivity contribution < 1.29 is 33.5 Å². The number of carbonyl (C=O) groups is 2. The average molecular weight is 545 g/mol. The topological polar surface area (TPSA) is 130 Å². The van der Waals surface area contributed by atoms with Gasteiger partial charge in [-0.05, 0) is 78.9 Å². The van der Waals surface area contributed by atoms with Crippen LogP contribution >= 0.6 is 0 Å². The van der Waals surface area contributed by atoms with E-state index in [0.717, 1.165) is 4.90 Å². The van der Waals surface area contributed by atoms with Crippen molar-refractivity contribution in [3.8, 4) is 0 Å². The molecule has 2 aliphatic heterocycles. The summed E-state index contributed by atoms with van der Waals surface area (Å²) in [6.07, 6.45) is 0.561. The summed E-state index contributed by atoms with van der Waals surface area (Å²) in [5, 5.41) is 20.3. The highest BCUT2D eigenvalue weighted by Crippen LogP contribution is 2.38. The first-order valence-corrected chi connectivity index (χ1v) is 13.6. The van der Waals surface area contributed by atoms with Crippen molar-refractivity contribution in [3.63, 3.8) is 0 Å². The van der Waals surface area contributed by atoms with Gasteiger partial charge in [-0.2, -0.15) is 0 Å². The maximum absolute atomic E-state index is 13.7. The first kappa shape index (κ1) is 31.1. The number of ether oxygens (including phenoxy) is 2. The van der Waals surface area contributed by atoms with Crippen LogP contribution in [-0.4, -0.2) is 77.5 Å². The van der Waals surface area contributed by atoms with Gasteiger partial charge >= 0.3 is 13.2 Å². The molecule has 0 saturated carbocycles. The van der Waals surface area contributed by atoms with Gasteiger partial charge in [0.15, 0.2) is 0 Å². The fraction of sp³-hybridized carbons (Fsp3) is 0.679. The van der Waals surface area contributed by atoms with E-state index in [0.29, 0.717) is 35.3 Å². The predicted molar refractivity (Wildman–Crippen MR) is 151 cm³/mol. The number of fused-ring (bicyclic) bond motifs is 1. The molecule has 10 nitrogen and oxygen atoms in total. The maximum atomic E-state index is 13.7. The molecule has 0 aromatic heterocycles. The third-order valence-electron chi connectivity index (χ3n) is 7.71. The lowest BCUT2D eigenvalue weighted by atomic mass is 9.74. The Labute approximate surface area is 232 Å². The SMILES string of the molecule is C[C@@H](Nc1ccc(B2OC(C)(C)C(C)(C)O2)c2c1C(=O)N(C(=O)OC(C)(C)C)C2)[C@@H](C)C(C=N)OCCCO. The molecule has 0 aliphatic carbocycles. The number of carbonyl (C=O) groups excluding carboxylic acids is 2. The first-order chi connectivity index (χ1) is 18.0. The van der Waals surface area contributed by atoms with Crippen LogP contribution < -0.4 is 10.8 Å². The fourth-order valence-electron chi connectivity index (χ4n) is 4.52. The summed E-state index contributed by atoms with van der Waals surface area (Å²) < 4.78 is 23.9. The van der Waals surface area contributed by atoms with Crippen molar-refractivity contribution >= 4 is 36.5 Å². The van der Waals surface area contributed by atoms with Crippen LogP contribution in [0.1, 0.15) is 84.7 Å². The standard InChI is InChI=1S/C28H44BN3O7/c1-17(22(15-30)36-14-10-13-33)18(2)31-21-12-11-20(29-38-27(6,7)28(8,9)39-29)19-16-32(24(34)23(19)21)25(35)37-26(3,4)5/h11-12,15,17-18,22,30-31,33H,10,13-14,16H2,1-9H3/t17-,18-,22?/m1/s1. The maximum Gasteiger partial charge on any atom is 0.495 e. The number of benzene rings is 1. The number of nitrogens with one attached hydrogen (secondary N) is 2. The van der Waals surface area contributed by atoms with E-state index in [1.54, 1.807) is 20.8 Å². The van der Waals surface area contributed by atoms with Gasteiger partial charge in [-0.3, -0.25) is 4.79 Å². The summed E-state index contributed by atoms with van der Waals surface area (Å²) in [7, 11) is -0.706. The molecule has 1 fully saturated rings. The number of anilines is 1. The average Bonchev–Trinajstić information content (AvgIpc) is 3.28. The van der Waals surface area contributed by atoms with Crippen molar-refractivity contribution in [3.05, 3.63) is 23.3 Å². The van der Waals surface area contributed by atoms with E-state index in [9.17, 15) is 9.59 Å². The normalized spacial score (nSPS) is 20.4. The Morgan fingerprint density at radius 3 is 2.38 bits per heavy atom. The summed E-state index contributed by atoms with van der Waals surface area (Å²) in [6.45, 7) is 17.4. The van der Waals surface area contributed by atoms with Crippen molar-refractivity contribution in [2.75, 3.05) is 18.5 Å². The highest BCUT2D eigenvalue weighted by Gasteiger charge is 2.53. The molecule has 2 heterocycles. The second kappa shape index (κ2) is 11.6. The second-order valence-electron chi connectivity index (χ2n) is 12.4. The minimum absolute atomic E-state index is 0.0183. The summed E-state index contributed by atoms with van der Waals surface area (Å²) in [4.78, 5) is 27.8. The van der Waals surface area contributed by atoms with Crippen molar-refractivity contribution in [1.82, 2.24) is 4.90 Å². The summed E-state index contributed by atoms with van der Waals surface area (Å²) >= 11 is 0. The van der Waals surface area contributed by atoms with Gasteiger partial charge < -0.3 is 34.6 Å². The lowest BCUT2D eigenvalue weighted by Crippen LogP contribution is -2.41. The van der Waals surface area contributed by atoms with E-state index in [1.165, 1.54) is 6.21 Å². The third-order valence-corrected chi connectivity index (χ3v) is 7.71. The molecule has 3 rings (SSSR count). The Bertz CT molecular complexity index is 1070. The minimum atomic E-state index is -0.760. The molecule has 1 aromatic rings. The smallest absolute Gasteiger partial charge is 0.443 e. The van der Waals surface area contributed by atoms with Crippen LogP contribution in [-0.2, 0) is 25.3 Å². The van der Waals surface area contributed by atoms with Gasteiger partial charge in [0, 0.05) is 37.1 Å². The molecule has 0 bridgehead atoms. The molecule has 0 radical (unpaired) electrons. The molecule has 3 N–H and O–H groups in total. The van der Waals surface area contributed by atoms with E-state index in [4.69, 9.17) is 29.3 Å². The molecule has 1 aromatic carbocycles. The largest absolute Gasteiger partial charge is 0.495 e. The molecular formula is C28H44BN3O7. The molecule has 216 valence electrons. The molecule has 1 unspecified atom stereocenters. The number of aliphatic hydroxyl groups excluding tert-OH is 1. The van der Waals surface area contributed by atoms with Crippen LogP contribution in [0.4, 0.5) is 10.5 Å². The van der Waals surface area contributed by atoms with Crippen LogP contribution in [0.5, 0.6) is 0 Å². The first-order valence-electron chi connectivity index (χ1n) is 13.6. The van der Waals surface area contributed by atoms with Gasteiger partial charge in [0.1, 0.15) is 5.60 Å². The molecular weight excluding hydrogens is 501 g/mol. The van der Waals surface area contributed by atoms with Gasteiger partial charge in [0.05, 0.1) is 29.4 Å². The number of rotatable bonds is 10. The highest BCUT2D eigenvalue weighted by atomic mass is 16.7. The molecule has 1 saturated heterocycles. The van der Waals surface area contributed by atoms with E-state index < -0.39 is 42.0 Å². The van der Waals surface area contributed by atoms with Crippen LogP contribution in [0.2, 0.25) is 0 Å². The quantitative estimate of drug-likeness (QED) is 0.230. The van der Waals surface area contributed by atoms with Crippen LogP contribution in [0.15, 0.2) is 12.1 Å². The summed E-state index contributed by atoms with van der Waals surface area (Å²) in [5.41, 5.74) is 0.382. The number of amides is 2. The number of aliphatic hydroxyl groups is 1. The van der Waals surface area contributed by atoms with Crippen LogP contribution in [0.25, 0.3) is 0 Å². The van der Waals surface area contributed by atoms with Crippen molar-refractivity contribution in [2.24, 2.45) is 5.92 Å². The van der Waals surface area contributed by atoms with E-state index in [-0.39, 0.29) is 25.1 Å². The lowest BCUT2D eigenvalue weighted by molar-refractivity contribution is 0.00578. The number of nitrogens with zero attached hydrogens (tertiary/aromatic N) is 1. The molecule has 0 spiro atoms. The number of imide groups is 1. The second-order valence-corrected chi connectivity index (χ2v) is 12.4. The lowest BCUT2D eigenvalue weighted by Gasteiger charge is -2.32. The van der Waals surface area contributed by atoms with Crippen molar-refractivity contribution in [1.29, 1.82) is 5.41 Å². The van der Waals surface area contributed by atoms with Gasteiger partial charge in [0.25, 0.3) is 5.91 Å². The Hall–Kier alpha value is -2.47. The Morgan fingerprint density at radius 2 is 1.85 bits per heavy atom. The van der Waals surface area contributed by atoms with Gasteiger partial charge in [-0.1, -0.05) is 13.0 Å². The van der Waals surface area contributed by atoms with E-state index in [2.05, 4.69) is 5.32 Å². The number of hydrogen-bond donors (Lipinski definition) is 3. The Kier molecular flexibility index (Phi) is 9.21. The minimum Gasteiger partial charge on any atom is -0.443 e.